The molecule has 2 amide bonds. The zero-order valence-electron chi connectivity index (χ0n) is 16.8. The molecule has 1 aromatic heterocycles. The molecular weight excluding hydrogens is 425 g/mol. The van der Waals surface area contributed by atoms with Crippen LogP contribution in [-0.2, 0) is 16.6 Å². The Labute approximate surface area is 178 Å². The van der Waals surface area contributed by atoms with Crippen molar-refractivity contribution in [1.29, 1.82) is 0 Å². The van der Waals surface area contributed by atoms with Crippen LogP contribution in [0, 0.1) is 5.82 Å². The van der Waals surface area contributed by atoms with Gasteiger partial charge in [0.2, 0.25) is 5.09 Å². The van der Waals surface area contributed by atoms with Crippen molar-refractivity contribution in [3.63, 3.8) is 0 Å². The van der Waals surface area contributed by atoms with Gasteiger partial charge in [0, 0.05) is 37.5 Å². The quantitative estimate of drug-likeness (QED) is 0.581. The molecule has 0 aliphatic rings. The maximum absolute atomic E-state index is 13.7. The van der Waals surface area contributed by atoms with Crippen LogP contribution in [0.1, 0.15) is 26.5 Å². The van der Waals surface area contributed by atoms with Crippen molar-refractivity contribution in [2.45, 2.75) is 11.6 Å². The molecule has 0 spiro atoms. The molecule has 10 heteroatoms. The first-order valence-electron chi connectivity index (χ1n) is 9.14. The highest BCUT2D eigenvalue weighted by molar-refractivity contribution is 7.88. The lowest BCUT2D eigenvalue weighted by Crippen LogP contribution is -2.23. The zero-order chi connectivity index (χ0) is 22.6. The Hall–Kier alpha value is -3.50. The van der Waals surface area contributed by atoms with E-state index in [-0.39, 0.29) is 23.0 Å². The molecule has 2 aromatic carbocycles. The van der Waals surface area contributed by atoms with Crippen molar-refractivity contribution in [1.82, 2.24) is 9.62 Å². The van der Waals surface area contributed by atoms with Gasteiger partial charge in [-0.1, -0.05) is 24.3 Å². The number of furan rings is 1. The van der Waals surface area contributed by atoms with E-state index in [0.717, 1.165) is 4.31 Å². The third-order valence-corrected chi connectivity index (χ3v) is 6.01. The summed E-state index contributed by atoms with van der Waals surface area (Å²) in [6.07, 6.45) is 0. The molecule has 0 radical (unpaired) electrons. The predicted octanol–water partition coefficient (Wildman–Crippen LogP) is 2.85. The molecule has 0 fully saturated rings. The van der Waals surface area contributed by atoms with Crippen LogP contribution in [0.5, 0.6) is 0 Å². The van der Waals surface area contributed by atoms with E-state index in [1.165, 1.54) is 38.4 Å². The van der Waals surface area contributed by atoms with E-state index >= 15 is 0 Å². The molecule has 0 aliphatic heterocycles. The first-order chi connectivity index (χ1) is 14.7. The summed E-state index contributed by atoms with van der Waals surface area (Å²) in [6, 6.07) is 14.7. The fourth-order valence-electron chi connectivity index (χ4n) is 2.61. The van der Waals surface area contributed by atoms with Crippen LogP contribution in [0.2, 0.25) is 0 Å². The number of nitrogens with zero attached hydrogens (tertiary/aromatic N) is 1. The van der Waals surface area contributed by atoms with Gasteiger partial charge in [-0.2, -0.15) is 0 Å². The highest BCUT2D eigenvalue weighted by Gasteiger charge is 2.23. The number of sulfonamides is 1. The number of halogens is 1. The molecule has 2 N–H and O–H groups in total. The molecule has 0 saturated heterocycles. The molecule has 162 valence electrons. The number of carbonyl (C=O) groups is 2. The minimum Gasteiger partial charge on any atom is -0.438 e. The summed E-state index contributed by atoms with van der Waals surface area (Å²) in [4.78, 5) is 24.8. The van der Waals surface area contributed by atoms with Gasteiger partial charge in [-0.05, 0) is 36.4 Å². The second kappa shape index (κ2) is 9.11. The van der Waals surface area contributed by atoms with E-state index in [4.69, 9.17) is 4.42 Å². The molecule has 0 unspecified atom stereocenters. The number of hydrogen-bond acceptors (Lipinski definition) is 5. The molecule has 1 heterocycles. The van der Waals surface area contributed by atoms with Crippen molar-refractivity contribution in [2.75, 3.05) is 19.4 Å². The van der Waals surface area contributed by atoms with Crippen LogP contribution < -0.4 is 10.6 Å². The highest BCUT2D eigenvalue weighted by Crippen LogP contribution is 2.19. The number of benzene rings is 2. The maximum atomic E-state index is 13.7. The van der Waals surface area contributed by atoms with Gasteiger partial charge in [0.15, 0.2) is 5.76 Å². The molecule has 31 heavy (non-hydrogen) atoms. The normalized spacial score (nSPS) is 11.4. The van der Waals surface area contributed by atoms with E-state index in [2.05, 4.69) is 10.6 Å². The summed E-state index contributed by atoms with van der Waals surface area (Å²) in [5.74, 6) is -1.74. The van der Waals surface area contributed by atoms with Crippen LogP contribution in [0.15, 0.2) is 70.2 Å². The fraction of sp³-hybridized carbons (Fsp3) is 0.143. The van der Waals surface area contributed by atoms with Crippen LogP contribution in [0.25, 0.3) is 0 Å². The molecular formula is C21H20FN3O5S. The molecule has 0 atom stereocenters. The standard InChI is InChI=1S/C21H20FN3O5S/c1-25(2)31(28,29)19-11-10-18(30-19)21(27)24-16-8-5-7-14(12-16)20(26)23-13-15-6-3-4-9-17(15)22/h3-12H,13H2,1-2H3,(H,23,26)(H,24,27). The number of nitrogens with one attached hydrogen (secondary N) is 2. The van der Waals surface area contributed by atoms with Gasteiger partial charge in [-0.25, -0.2) is 17.1 Å². The van der Waals surface area contributed by atoms with Crippen LogP contribution in [0.3, 0.4) is 0 Å². The summed E-state index contributed by atoms with van der Waals surface area (Å²) in [5, 5.41) is 4.81. The monoisotopic (exact) mass is 445 g/mol. The van der Waals surface area contributed by atoms with Gasteiger partial charge in [0.25, 0.3) is 21.8 Å². The SMILES string of the molecule is CN(C)S(=O)(=O)c1ccc(C(=O)Nc2cccc(C(=O)NCc3ccccc3F)c2)o1. The Morgan fingerprint density at radius 1 is 1.00 bits per heavy atom. The predicted molar refractivity (Wildman–Crippen MR) is 112 cm³/mol. The van der Waals surface area contributed by atoms with Crippen LogP contribution in [0.4, 0.5) is 10.1 Å². The first kappa shape index (κ1) is 22.2. The van der Waals surface area contributed by atoms with Gasteiger partial charge in [0.05, 0.1) is 0 Å². The third kappa shape index (κ3) is 5.16. The first-order valence-corrected chi connectivity index (χ1v) is 10.6. The minimum absolute atomic E-state index is 0.0115. The summed E-state index contributed by atoms with van der Waals surface area (Å²) in [7, 11) is -1.11. The largest absolute Gasteiger partial charge is 0.438 e. The lowest BCUT2D eigenvalue weighted by molar-refractivity contribution is 0.0948. The second-order valence-corrected chi connectivity index (χ2v) is 8.80. The molecule has 3 rings (SSSR count). The van der Waals surface area contributed by atoms with E-state index in [1.807, 2.05) is 0 Å². The Bertz CT molecular complexity index is 1220. The Morgan fingerprint density at radius 3 is 2.45 bits per heavy atom. The fourth-order valence-corrected chi connectivity index (χ4v) is 3.41. The molecule has 3 aromatic rings. The van der Waals surface area contributed by atoms with Gasteiger partial charge in [0.1, 0.15) is 5.82 Å². The number of rotatable bonds is 7. The maximum Gasteiger partial charge on any atom is 0.291 e. The van der Waals surface area contributed by atoms with Gasteiger partial charge in [-0.15, -0.1) is 0 Å². The Morgan fingerprint density at radius 2 is 1.74 bits per heavy atom. The summed E-state index contributed by atoms with van der Waals surface area (Å²) < 4.78 is 43.9. The topological polar surface area (TPSA) is 109 Å². The van der Waals surface area contributed by atoms with Crippen LogP contribution in [-0.4, -0.2) is 38.6 Å². The number of carbonyl (C=O) groups excluding carboxylic acids is 2. The number of amides is 2. The Balaban J connectivity index is 1.68. The van der Waals surface area contributed by atoms with Crippen molar-refractivity contribution in [3.05, 3.63) is 83.4 Å². The van der Waals surface area contributed by atoms with E-state index in [1.54, 1.807) is 36.4 Å². The van der Waals surface area contributed by atoms with Crippen molar-refractivity contribution >= 4 is 27.5 Å². The molecule has 0 saturated carbocycles. The van der Waals surface area contributed by atoms with Crippen LogP contribution >= 0.6 is 0 Å². The smallest absolute Gasteiger partial charge is 0.291 e. The summed E-state index contributed by atoms with van der Waals surface area (Å²) in [5.41, 5.74) is 0.906. The van der Waals surface area contributed by atoms with E-state index in [0.29, 0.717) is 11.3 Å². The summed E-state index contributed by atoms with van der Waals surface area (Å²) >= 11 is 0. The number of hydrogen-bond donors (Lipinski definition) is 2. The molecule has 0 aliphatic carbocycles. The second-order valence-electron chi connectivity index (χ2n) is 6.72. The van der Waals surface area contributed by atoms with Gasteiger partial charge in [-0.3, -0.25) is 9.59 Å². The van der Waals surface area contributed by atoms with E-state index in [9.17, 15) is 22.4 Å². The van der Waals surface area contributed by atoms with Gasteiger partial charge < -0.3 is 15.1 Å². The lowest BCUT2D eigenvalue weighted by atomic mass is 10.1. The average molecular weight is 445 g/mol. The zero-order valence-corrected chi connectivity index (χ0v) is 17.6. The van der Waals surface area contributed by atoms with Crippen molar-refractivity contribution < 1.29 is 26.8 Å². The highest BCUT2D eigenvalue weighted by atomic mass is 32.2. The average Bonchev–Trinajstić information content (AvgIpc) is 3.24. The molecule has 8 nitrogen and oxygen atoms in total. The van der Waals surface area contributed by atoms with Crippen molar-refractivity contribution in [3.8, 4) is 0 Å². The van der Waals surface area contributed by atoms with Gasteiger partial charge >= 0.3 is 0 Å². The minimum atomic E-state index is -3.81. The molecule has 0 bridgehead atoms. The number of anilines is 1. The Kier molecular flexibility index (Phi) is 6.52. The summed E-state index contributed by atoms with van der Waals surface area (Å²) in [6.45, 7) is 0.0115. The van der Waals surface area contributed by atoms with E-state index < -0.39 is 27.7 Å². The van der Waals surface area contributed by atoms with Crippen molar-refractivity contribution in [2.24, 2.45) is 0 Å². The third-order valence-electron chi connectivity index (χ3n) is 4.32. The lowest BCUT2D eigenvalue weighted by Gasteiger charge is -2.09.